The van der Waals surface area contributed by atoms with Crippen molar-refractivity contribution < 1.29 is 17.6 Å². The van der Waals surface area contributed by atoms with Gasteiger partial charge in [0.2, 0.25) is 5.91 Å². The highest BCUT2D eigenvalue weighted by atomic mass is 32.2. The zero-order chi connectivity index (χ0) is 24.3. The molecule has 3 aromatic carbocycles. The van der Waals surface area contributed by atoms with Gasteiger partial charge in [0.15, 0.2) is 0 Å². The van der Waals surface area contributed by atoms with E-state index in [9.17, 15) is 17.6 Å². The van der Waals surface area contributed by atoms with Gasteiger partial charge in [-0.1, -0.05) is 42.5 Å². The number of aryl methyl sites for hydroxylation is 1. The summed E-state index contributed by atoms with van der Waals surface area (Å²) in [5, 5.41) is 0. The second-order valence-electron chi connectivity index (χ2n) is 8.36. The van der Waals surface area contributed by atoms with Crippen molar-refractivity contribution in [2.24, 2.45) is 0 Å². The highest BCUT2D eigenvalue weighted by Crippen LogP contribution is 2.29. The lowest BCUT2D eigenvalue weighted by Gasteiger charge is -2.37. The molecular formula is C26H28FN3O3S. The van der Waals surface area contributed by atoms with Gasteiger partial charge in [-0.15, -0.1) is 0 Å². The lowest BCUT2D eigenvalue weighted by molar-refractivity contribution is -0.129. The number of nitrogens with zero attached hydrogens (tertiary/aromatic N) is 3. The molecule has 1 aliphatic heterocycles. The molecule has 178 valence electrons. The van der Waals surface area contributed by atoms with Gasteiger partial charge in [-0.3, -0.25) is 9.10 Å². The van der Waals surface area contributed by atoms with E-state index in [4.69, 9.17) is 0 Å². The number of carbonyl (C=O) groups is 1. The van der Waals surface area contributed by atoms with Gasteiger partial charge < -0.3 is 9.80 Å². The summed E-state index contributed by atoms with van der Waals surface area (Å²) in [4.78, 5) is 17.0. The van der Waals surface area contributed by atoms with Crippen LogP contribution in [0.2, 0.25) is 0 Å². The van der Waals surface area contributed by atoms with E-state index in [1.165, 1.54) is 22.5 Å². The third-order valence-corrected chi connectivity index (χ3v) is 8.05. The molecule has 1 fully saturated rings. The summed E-state index contributed by atoms with van der Waals surface area (Å²) in [7, 11) is -3.96. The number of hydrogen-bond donors (Lipinski definition) is 0. The Labute approximate surface area is 200 Å². The number of amides is 1. The van der Waals surface area contributed by atoms with Crippen LogP contribution in [0, 0.1) is 19.7 Å². The Morgan fingerprint density at radius 2 is 1.53 bits per heavy atom. The second-order valence-corrected chi connectivity index (χ2v) is 10.2. The minimum atomic E-state index is -3.96. The van der Waals surface area contributed by atoms with Gasteiger partial charge in [0.25, 0.3) is 10.0 Å². The molecule has 0 saturated carbocycles. The van der Waals surface area contributed by atoms with Gasteiger partial charge >= 0.3 is 0 Å². The third-order valence-electron chi connectivity index (χ3n) is 6.28. The molecule has 0 radical (unpaired) electrons. The second kappa shape index (κ2) is 9.85. The van der Waals surface area contributed by atoms with E-state index in [0.717, 1.165) is 11.1 Å². The fraction of sp³-hybridized carbons (Fsp3) is 0.269. The number of anilines is 2. The lowest BCUT2D eigenvalue weighted by Crippen LogP contribution is -2.52. The molecule has 6 nitrogen and oxygen atoms in total. The van der Waals surface area contributed by atoms with E-state index in [1.807, 2.05) is 24.8 Å². The van der Waals surface area contributed by atoms with E-state index in [2.05, 4.69) is 0 Å². The Morgan fingerprint density at radius 1 is 0.882 bits per heavy atom. The number of carbonyl (C=O) groups excluding carboxylic acids is 1. The van der Waals surface area contributed by atoms with Crippen molar-refractivity contribution in [3.63, 3.8) is 0 Å². The van der Waals surface area contributed by atoms with Crippen molar-refractivity contribution in [1.82, 2.24) is 4.90 Å². The van der Waals surface area contributed by atoms with Gasteiger partial charge in [-0.25, -0.2) is 12.8 Å². The van der Waals surface area contributed by atoms with Gasteiger partial charge in [-0.2, -0.15) is 0 Å². The normalized spacial score (nSPS) is 14.2. The Kier molecular flexibility index (Phi) is 6.88. The van der Waals surface area contributed by atoms with Crippen molar-refractivity contribution in [2.45, 2.75) is 18.7 Å². The highest BCUT2D eigenvalue weighted by molar-refractivity contribution is 7.92. The van der Waals surface area contributed by atoms with Crippen LogP contribution in [0.5, 0.6) is 0 Å². The molecule has 3 aromatic rings. The smallest absolute Gasteiger partial charge is 0.264 e. The SMILES string of the molecule is Cc1cccc(N(CC(=O)N2CCN(c3ccccc3F)CC2)S(=O)(=O)c2ccccc2)c1C. The monoisotopic (exact) mass is 481 g/mol. The van der Waals surface area contributed by atoms with E-state index >= 15 is 0 Å². The summed E-state index contributed by atoms with van der Waals surface area (Å²) in [6.45, 7) is 5.19. The Balaban J connectivity index is 1.57. The first-order valence-electron chi connectivity index (χ1n) is 11.2. The van der Waals surface area contributed by atoms with Crippen LogP contribution in [0.1, 0.15) is 11.1 Å². The van der Waals surface area contributed by atoms with Gasteiger partial charge in [0, 0.05) is 26.2 Å². The number of hydrogen-bond acceptors (Lipinski definition) is 4. The van der Waals surface area contributed by atoms with Crippen LogP contribution in [-0.2, 0) is 14.8 Å². The van der Waals surface area contributed by atoms with Crippen molar-refractivity contribution in [3.05, 3.63) is 89.7 Å². The molecule has 0 N–H and O–H groups in total. The molecule has 1 heterocycles. The van der Waals surface area contributed by atoms with Crippen molar-refractivity contribution in [3.8, 4) is 0 Å². The molecule has 8 heteroatoms. The topological polar surface area (TPSA) is 60.9 Å². The Hall–Kier alpha value is -3.39. The van der Waals surface area contributed by atoms with Crippen LogP contribution in [0.4, 0.5) is 15.8 Å². The zero-order valence-electron chi connectivity index (χ0n) is 19.3. The van der Waals surface area contributed by atoms with E-state index in [-0.39, 0.29) is 23.2 Å². The van der Waals surface area contributed by atoms with Crippen molar-refractivity contribution in [2.75, 3.05) is 41.9 Å². The first-order chi connectivity index (χ1) is 16.3. The Morgan fingerprint density at radius 3 is 2.21 bits per heavy atom. The predicted molar refractivity (Wildman–Crippen MR) is 132 cm³/mol. The van der Waals surface area contributed by atoms with E-state index in [0.29, 0.717) is 37.6 Å². The molecule has 0 bridgehead atoms. The van der Waals surface area contributed by atoms with Crippen LogP contribution >= 0.6 is 0 Å². The first kappa shape index (κ1) is 23.8. The molecule has 0 unspecified atom stereocenters. The summed E-state index contributed by atoms with van der Waals surface area (Å²) in [6, 6.07) is 20.2. The molecule has 34 heavy (non-hydrogen) atoms. The summed E-state index contributed by atoms with van der Waals surface area (Å²) in [5.74, 6) is -0.578. The summed E-state index contributed by atoms with van der Waals surface area (Å²) >= 11 is 0. The zero-order valence-corrected chi connectivity index (χ0v) is 20.1. The molecule has 1 amide bonds. The number of rotatable bonds is 6. The van der Waals surface area contributed by atoms with Crippen LogP contribution in [0.3, 0.4) is 0 Å². The maximum Gasteiger partial charge on any atom is 0.264 e. The van der Waals surface area contributed by atoms with Crippen LogP contribution in [0.15, 0.2) is 77.7 Å². The lowest BCUT2D eigenvalue weighted by atomic mass is 10.1. The first-order valence-corrected chi connectivity index (χ1v) is 12.6. The van der Waals surface area contributed by atoms with Crippen LogP contribution < -0.4 is 9.21 Å². The number of benzene rings is 3. The van der Waals surface area contributed by atoms with Gasteiger partial charge in [-0.05, 0) is 55.3 Å². The van der Waals surface area contributed by atoms with E-state index < -0.39 is 10.0 Å². The largest absolute Gasteiger partial charge is 0.366 e. The maximum atomic E-state index is 14.2. The fourth-order valence-electron chi connectivity index (χ4n) is 4.15. The fourth-order valence-corrected chi connectivity index (χ4v) is 5.65. The number of piperazine rings is 1. The quantitative estimate of drug-likeness (QED) is 0.534. The number of para-hydroxylation sites is 1. The van der Waals surface area contributed by atoms with Crippen LogP contribution in [-0.4, -0.2) is 51.9 Å². The minimum absolute atomic E-state index is 0.132. The number of sulfonamides is 1. The van der Waals surface area contributed by atoms with Crippen molar-refractivity contribution >= 4 is 27.3 Å². The minimum Gasteiger partial charge on any atom is -0.366 e. The van der Waals surface area contributed by atoms with Crippen LogP contribution in [0.25, 0.3) is 0 Å². The maximum absolute atomic E-state index is 14.2. The molecule has 0 aliphatic carbocycles. The summed E-state index contributed by atoms with van der Waals surface area (Å²) in [6.07, 6.45) is 0. The average Bonchev–Trinajstić information content (AvgIpc) is 2.85. The van der Waals surface area contributed by atoms with Gasteiger partial charge in [0.1, 0.15) is 12.4 Å². The highest BCUT2D eigenvalue weighted by Gasteiger charge is 2.31. The standard InChI is InChI=1S/C26H28FN3O3S/c1-20-9-8-14-24(21(20)2)30(34(32,33)22-10-4-3-5-11-22)19-26(31)29-17-15-28(16-18-29)25-13-7-6-12-23(25)27/h3-14H,15-19H2,1-2H3. The molecule has 0 spiro atoms. The van der Waals surface area contributed by atoms with Crippen molar-refractivity contribution in [1.29, 1.82) is 0 Å². The number of halogens is 1. The molecule has 0 atom stereocenters. The summed E-state index contributed by atoms with van der Waals surface area (Å²) in [5.41, 5.74) is 2.75. The predicted octanol–water partition coefficient (Wildman–Crippen LogP) is 3.99. The Bertz CT molecular complexity index is 1270. The third kappa shape index (κ3) is 4.77. The summed E-state index contributed by atoms with van der Waals surface area (Å²) < 4.78 is 42.6. The average molecular weight is 482 g/mol. The molecule has 1 aliphatic rings. The molecule has 1 saturated heterocycles. The van der Waals surface area contributed by atoms with E-state index in [1.54, 1.807) is 53.4 Å². The molecular weight excluding hydrogens is 453 g/mol. The molecule has 0 aromatic heterocycles. The molecule has 4 rings (SSSR count). The van der Waals surface area contributed by atoms with Gasteiger partial charge in [0.05, 0.1) is 16.3 Å².